The first kappa shape index (κ1) is 18.2. The number of rotatable bonds is 6. The van der Waals surface area contributed by atoms with Crippen molar-refractivity contribution < 1.29 is 24.0 Å². The second-order valence-corrected chi connectivity index (χ2v) is 6.83. The van der Waals surface area contributed by atoms with Gasteiger partial charge in [-0.05, 0) is 35.9 Å². The zero-order valence-electron chi connectivity index (χ0n) is 15.4. The molecule has 0 aliphatic carbocycles. The number of ether oxygens (including phenoxy) is 1. The van der Waals surface area contributed by atoms with Crippen molar-refractivity contribution >= 4 is 28.4 Å². The number of quaternary nitrogens is 1. The molecule has 0 radical (unpaired) electrons. The number of nitrogens with one attached hydrogen (secondary N) is 1. The Morgan fingerprint density at radius 1 is 1.25 bits per heavy atom. The van der Waals surface area contributed by atoms with E-state index in [4.69, 9.17) is 4.74 Å². The minimum atomic E-state index is -0.572. The monoisotopic (exact) mass is 382 g/mol. The van der Waals surface area contributed by atoms with Crippen LogP contribution in [-0.4, -0.2) is 36.5 Å². The van der Waals surface area contributed by atoms with Crippen LogP contribution in [0.5, 0.6) is 5.75 Å². The SMILES string of the molecule is COc1ccc2[nH]cc(CC[NH2+][C@H]3CC(=O)N(c4ccccc4F)C3=O)c2c1. The van der Waals surface area contributed by atoms with Gasteiger partial charge >= 0.3 is 0 Å². The Morgan fingerprint density at radius 3 is 2.86 bits per heavy atom. The molecule has 1 aliphatic rings. The molecule has 6 nitrogen and oxygen atoms in total. The molecule has 7 heteroatoms. The van der Waals surface area contributed by atoms with E-state index < -0.39 is 11.9 Å². The van der Waals surface area contributed by atoms with Gasteiger partial charge < -0.3 is 15.0 Å². The van der Waals surface area contributed by atoms with Crippen LogP contribution < -0.4 is 15.0 Å². The lowest BCUT2D eigenvalue weighted by molar-refractivity contribution is -0.674. The lowest BCUT2D eigenvalue weighted by Gasteiger charge is -2.14. The number of methoxy groups -OCH3 is 1. The molecule has 2 amide bonds. The summed E-state index contributed by atoms with van der Waals surface area (Å²) in [7, 11) is 1.63. The summed E-state index contributed by atoms with van der Waals surface area (Å²) in [6.45, 7) is 0.638. The second-order valence-electron chi connectivity index (χ2n) is 6.83. The summed E-state index contributed by atoms with van der Waals surface area (Å²) in [5.41, 5.74) is 2.17. The van der Waals surface area contributed by atoms with Gasteiger partial charge in [0.25, 0.3) is 5.91 Å². The van der Waals surface area contributed by atoms with E-state index in [0.717, 1.165) is 33.5 Å². The average molecular weight is 382 g/mol. The van der Waals surface area contributed by atoms with Crippen molar-refractivity contribution in [3.8, 4) is 5.75 Å². The Kier molecular flexibility index (Phi) is 4.83. The molecule has 0 spiro atoms. The highest BCUT2D eigenvalue weighted by atomic mass is 19.1. The molecule has 2 heterocycles. The number of aromatic nitrogens is 1. The van der Waals surface area contributed by atoms with Crippen LogP contribution in [0.4, 0.5) is 10.1 Å². The number of amides is 2. The van der Waals surface area contributed by atoms with Gasteiger partial charge in [-0.15, -0.1) is 0 Å². The van der Waals surface area contributed by atoms with Crippen LogP contribution in [0.25, 0.3) is 10.9 Å². The smallest absolute Gasteiger partial charge is 0.292 e. The van der Waals surface area contributed by atoms with E-state index in [9.17, 15) is 14.0 Å². The number of para-hydroxylation sites is 1. The zero-order chi connectivity index (χ0) is 19.7. The van der Waals surface area contributed by atoms with Crippen LogP contribution in [0.1, 0.15) is 12.0 Å². The molecular formula is C21H21FN3O3+. The largest absolute Gasteiger partial charge is 0.497 e. The molecule has 3 aromatic rings. The molecule has 1 aliphatic heterocycles. The predicted molar refractivity (Wildman–Crippen MR) is 103 cm³/mol. The molecular weight excluding hydrogens is 361 g/mol. The third-order valence-corrected chi connectivity index (χ3v) is 5.11. The standard InChI is InChI=1S/C21H20FN3O3/c1-28-14-6-7-17-15(10-14)13(12-24-17)8-9-23-18-11-20(26)25(21(18)27)19-5-3-2-4-16(19)22/h2-7,10,12,18,23-24H,8-9,11H2,1H3/p+1/t18-/m0/s1. The molecule has 1 aromatic heterocycles. The van der Waals surface area contributed by atoms with Gasteiger partial charge in [0.15, 0.2) is 6.04 Å². The zero-order valence-corrected chi connectivity index (χ0v) is 15.4. The topological polar surface area (TPSA) is 79.0 Å². The maximum Gasteiger partial charge on any atom is 0.292 e. The number of aromatic amines is 1. The molecule has 3 N–H and O–H groups in total. The van der Waals surface area contributed by atoms with Crippen LogP contribution in [0.2, 0.25) is 0 Å². The number of H-pyrrole nitrogens is 1. The van der Waals surface area contributed by atoms with Crippen molar-refractivity contribution in [3.05, 3.63) is 60.0 Å². The number of hydrogen-bond donors (Lipinski definition) is 2. The minimum absolute atomic E-state index is 0.0251. The maximum absolute atomic E-state index is 14.0. The number of halogens is 1. The molecule has 0 saturated carbocycles. The Hall–Kier alpha value is -3.19. The summed E-state index contributed by atoms with van der Waals surface area (Å²) < 4.78 is 19.3. The molecule has 144 valence electrons. The van der Waals surface area contributed by atoms with Gasteiger partial charge in [0.05, 0.1) is 25.8 Å². The summed E-state index contributed by atoms with van der Waals surface area (Å²) in [6.07, 6.45) is 2.75. The van der Waals surface area contributed by atoms with Gasteiger partial charge in [0.1, 0.15) is 11.6 Å². The first-order valence-corrected chi connectivity index (χ1v) is 9.17. The van der Waals surface area contributed by atoms with Gasteiger partial charge in [0, 0.05) is 23.5 Å². The van der Waals surface area contributed by atoms with Crippen LogP contribution in [0.3, 0.4) is 0 Å². The summed E-state index contributed by atoms with van der Waals surface area (Å²) in [5, 5.41) is 2.94. The lowest BCUT2D eigenvalue weighted by atomic mass is 10.1. The van der Waals surface area contributed by atoms with Crippen molar-refractivity contribution in [1.82, 2.24) is 4.98 Å². The Balaban J connectivity index is 1.43. The Morgan fingerprint density at radius 2 is 2.07 bits per heavy atom. The van der Waals surface area contributed by atoms with Gasteiger partial charge in [-0.3, -0.25) is 9.59 Å². The predicted octanol–water partition coefficient (Wildman–Crippen LogP) is 1.75. The number of carbonyl (C=O) groups is 2. The molecule has 2 aromatic carbocycles. The normalized spacial score (nSPS) is 16.9. The van der Waals surface area contributed by atoms with E-state index in [1.54, 1.807) is 13.2 Å². The number of anilines is 1. The van der Waals surface area contributed by atoms with Crippen LogP contribution in [-0.2, 0) is 16.0 Å². The van der Waals surface area contributed by atoms with E-state index in [1.807, 2.05) is 29.7 Å². The van der Waals surface area contributed by atoms with Gasteiger partial charge in [0.2, 0.25) is 5.91 Å². The number of nitrogens with two attached hydrogens (primary N) is 1. The van der Waals surface area contributed by atoms with Crippen molar-refractivity contribution in [2.24, 2.45) is 0 Å². The Labute approximate surface area is 161 Å². The first-order valence-electron chi connectivity index (χ1n) is 9.17. The number of benzene rings is 2. The van der Waals surface area contributed by atoms with E-state index in [1.165, 1.54) is 18.2 Å². The minimum Gasteiger partial charge on any atom is -0.497 e. The molecule has 4 rings (SSSR count). The summed E-state index contributed by atoms with van der Waals surface area (Å²) in [6, 6.07) is 11.2. The lowest BCUT2D eigenvalue weighted by Crippen LogP contribution is -2.92. The molecule has 1 fully saturated rings. The van der Waals surface area contributed by atoms with Crippen LogP contribution >= 0.6 is 0 Å². The maximum atomic E-state index is 14.0. The highest BCUT2D eigenvalue weighted by Gasteiger charge is 2.42. The second kappa shape index (κ2) is 7.44. The van der Waals surface area contributed by atoms with Gasteiger partial charge in [-0.2, -0.15) is 0 Å². The number of imide groups is 1. The van der Waals surface area contributed by atoms with Crippen molar-refractivity contribution in [3.63, 3.8) is 0 Å². The first-order chi connectivity index (χ1) is 13.6. The number of carbonyl (C=O) groups excluding carboxylic acids is 2. The summed E-state index contributed by atoms with van der Waals surface area (Å²) >= 11 is 0. The summed E-state index contributed by atoms with van der Waals surface area (Å²) in [5.74, 6) is -0.518. The third kappa shape index (κ3) is 3.25. The number of fused-ring (bicyclic) bond motifs is 1. The quantitative estimate of drug-likeness (QED) is 0.638. The van der Waals surface area contributed by atoms with E-state index in [0.29, 0.717) is 6.54 Å². The highest BCUT2D eigenvalue weighted by molar-refractivity contribution is 6.21. The molecule has 0 unspecified atom stereocenters. The molecule has 28 heavy (non-hydrogen) atoms. The molecule has 0 bridgehead atoms. The van der Waals surface area contributed by atoms with Crippen LogP contribution in [0.15, 0.2) is 48.7 Å². The molecule has 1 saturated heterocycles. The van der Waals surface area contributed by atoms with Gasteiger partial charge in [-0.25, -0.2) is 9.29 Å². The van der Waals surface area contributed by atoms with Gasteiger partial charge in [-0.1, -0.05) is 12.1 Å². The van der Waals surface area contributed by atoms with Crippen molar-refractivity contribution in [1.29, 1.82) is 0 Å². The van der Waals surface area contributed by atoms with E-state index >= 15 is 0 Å². The number of hydrogen-bond acceptors (Lipinski definition) is 3. The third-order valence-electron chi connectivity index (χ3n) is 5.11. The Bertz CT molecular complexity index is 1050. The number of nitrogens with zero attached hydrogens (tertiary/aromatic N) is 1. The fourth-order valence-corrected chi connectivity index (χ4v) is 3.66. The average Bonchev–Trinajstić information content (AvgIpc) is 3.22. The molecule has 1 atom stereocenters. The fraction of sp³-hybridized carbons (Fsp3) is 0.238. The van der Waals surface area contributed by atoms with E-state index in [2.05, 4.69) is 4.98 Å². The summed E-state index contributed by atoms with van der Waals surface area (Å²) in [4.78, 5) is 29.1. The van der Waals surface area contributed by atoms with Crippen LogP contribution in [0, 0.1) is 5.82 Å². The fourth-order valence-electron chi connectivity index (χ4n) is 3.66. The van der Waals surface area contributed by atoms with Crippen molar-refractivity contribution in [2.75, 3.05) is 18.6 Å². The van der Waals surface area contributed by atoms with E-state index in [-0.39, 0.29) is 23.9 Å². The highest BCUT2D eigenvalue weighted by Crippen LogP contribution is 2.25. The van der Waals surface area contributed by atoms with Crippen molar-refractivity contribution in [2.45, 2.75) is 18.9 Å².